The van der Waals surface area contributed by atoms with Gasteiger partial charge in [-0.25, -0.2) is 0 Å². The van der Waals surface area contributed by atoms with Crippen LogP contribution in [0.15, 0.2) is 10.6 Å². The molecule has 1 aromatic heterocycles. The third kappa shape index (κ3) is 4.01. The number of rotatable bonds is 7. The Morgan fingerprint density at radius 3 is 2.87 bits per heavy atom. The smallest absolute Gasteiger partial charge is 0.133 e. The first-order valence-electron chi connectivity index (χ1n) is 5.68. The summed E-state index contributed by atoms with van der Waals surface area (Å²) >= 11 is 0. The number of hydrogen-bond acceptors (Lipinski definition) is 4. The van der Waals surface area contributed by atoms with Crippen LogP contribution in [0.4, 0.5) is 0 Å². The first-order valence-corrected chi connectivity index (χ1v) is 5.68. The monoisotopic (exact) mass is 209 g/mol. The number of nitrogens with one attached hydrogen (secondary N) is 2. The number of aromatic nitrogens is 1. The minimum Gasteiger partial charge on any atom is -0.361 e. The highest BCUT2D eigenvalue weighted by molar-refractivity contribution is 5.02. The molecule has 4 nitrogen and oxygen atoms in total. The normalized spacial score (nSPS) is 15.8. The van der Waals surface area contributed by atoms with E-state index in [1.54, 1.807) is 0 Å². The van der Waals surface area contributed by atoms with E-state index >= 15 is 0 Å². The van der Waals surface area contributed by atoms with Crippen LogP contribution in [0.25, 0.3) is 0 Å². The predicted octanol–water partition coefficient (Wildman–Crippen LogP) is 1.07. The van der Waals surface area contributed by atoms with Crippen LogP contribution < -0.4 is 10.6 Å². The molecule has 1 heterocycles. The fraction of sp³-hybridized carbons (Fsp3) is 0.727. The Hall–Kier alpha value is -0.870. The van der Waals surface area contributed by atoms with Crippen LogP contribution in [0, 0.1) is 12.8 Å². The molecule has 0 bridgehead atoms. The van der Waals surface area contributed by atoms with E-state index in [1.807, 2.05) is 13.0 Å². The summed E-state index contributed by atoms with van der Waals surface area (Å²) in [7, 11) is 0. The molecule has 0 aliphatic heterocycles. The van der Waals surface area contributed by atoms with Gasteiger partial charge in [-0.2, -0.15) is 0 Å². The fourth-order valence-electron chi connectivity index (χ4n) is 1.52. The van der Waals surface area contributed by atoms with Gasteiger partial charge in [0.15, 0.2) is 0 Å². The Morgan fingerprint density at radius 2 is 2.20 bits per heavy atom. The maximum absolute atomic E-state index is 4.98. The van der Waals surface area contributed by atoms with Gasteiger partial charge in [-0.1, -0.05) is 5.16 Å². The third-order valence-corrected chi connectivity index (χ3v) is 2.59. The van der Waals surface area contributed by atoms with Crippen LogP contribution in [-0.2, 0) is 6.54 Å². The molecule has 15 heavy (non-hydrogen) atoms. The summed E-state index contributed by atoms with van der Waals surface area (Å²) in [5.41, 5.74) is 0.981. The summed E-state index contributed by atoms with van der Waals surface area (Å²) in [4.78, 5) is 0. The Kier molecular flexibility index (Phi) is 3.75. The van der Waals surface area contributed by atoms with Gasteiger partial charge in [0.1, 0.15) is 5.76 Å². The second kappa shape index (κ2) is 5.28. The van der Waals surface area contributed by atoms with Crippen molar-refractivity contribution in [2.75, 3.05) is 19.6 Å². The van der Waals surface area contributed by atoms with Crippen LogP contribution in [0.1, 0.15) is 24.3 Å². The lowest BCUT2D eigenvalue weighted by molar-refractivity contribution is 0.388. The van der Waals surface area contributed by atoms with Crippen LogP contribution in [0.2, 0.25) is 0 Å². The first-order chi connectivity index (χ1) is 7.34. The maximum atomic E-state index is 4.98. The Bertz CT molecular complexity index is 294. The van der Waals surface area contributed by atoms with Crippen LogP contribution in [0.5, 0.6) is 0 Å². The molecule has 1 aliphatic carbocycles. The molecule has 0 amide bonds. The van der Waals surface area contributed by atoms with Crippen molar-refractivity contribution in [1.29, 1.82) is 0 Å². The van der Waals surface area contributed by atoms with Gasteiger partial charge in [0.25, 0.3) is 0 Å². The van der Waals surface area contributed by atoms with Gasteiger partial charge in [-0.15, -0.1) is 0 Å². The SMILES string of the molecule is Cc1cc(CNCCNCC2CC2)no1. The number of nitrogens with zero attached hydrogens (tertiary/aromatic N) is 1. The molecule has 2 N–H and O–H groups in total. The van der Waals surface area contributed by atoms with Crippen LogP contribution >= 0.6 is 0 Å². The molecular formula is C11H19N3O. The zero-order chi connectivity index (χ0) is 10.5. The average Bonchev–Trinajstić information content (AvgIpc) is 2.95. The van der Waals surface area contributed by atoms with E-state index < -0.39 is 0 Å². The number of hydrogen-bond donors (Lipinski definition) is 2. The average molecular weight is 209 g/mol. The Labute approximate surface area is 90.4 Å². The van der Waals surface area contributed by atoms with Crippen molar-refractivity contribution in [3.05, 3.63) is 17.5 Å². The highest BCUT2D eigenvalue weighted by Crippen LogP contribution is 2.27. The standard InChI is InChI=1S/C11H19N3O/c1-9-6-11(14-15-9)8-13-5-4-12-7-10-2-3-10/h6,10,12-13H,2-5,7-8H2,1H3. The van der Waals surface area contributed by atoms with Gasteiger partial charge in [-0.05, 0) is 32.2 Å². The first kappa shape index (κ1) is 10.6. The summed E-state index contributed by atoms with van der Waals surface area (Å²) in [5, 5.41) is 10.7. The lowest BCUT2D eigenvalue weighted by Crippen LogP contribution is -2.28. The van der Waals surface area contributed by atoms with Crippen molar-refractivity contribution < 1.29 is 4.52 Å². The zero-order valence-electron chi connectivity index (χ0n) is 9.25. The number of aryl methyl sites for hydroxylation is 1. The van der Waals surface area contributed by atoms with Crippen LogP contribution in [-0.4, -0.2) is 24.8 Å². The molecule has 84 valence electrons. The molecule has 0 unspecified atom stereocenters. The molecule has 1 saturated carbocycles. The van der Waals surface area contributed by atoms with Crippen molar-refractivity contribution in [2.45, 2.75) is 26.3 Å². The highest BCUT2D eigenvalue weighted by atomic mass is 16.5. The highest BCUT2D eigenvalue weighted by Gasteiger charge is 2.19. The van der Waals surface area contributed by atoms with Gasteiger partial charge in [0.2, 0.25) is 0 Å². The summed E-state index contributed by atoms with van der Waals surface area (Å²) < 4.78 is 4.98. The van der Waals surface area contributed by atoms with Crippen molar-refractivity contribution >= 4 is 0 Å². The molecule has 0 radical (unpaired) electrons. The molecule has 2 rings (SSSR count). The van der Waals surface area contributed by atoms with E-state index in [0.717, 1.165) is 37.0 Å². The molecular weight excluding hydrogens is 190 g/mol. The van der Waals surface area contributed by atoms with Gasteiger partial charge in [-0.3, -0.25) is 0 Å². The van der Waals surface area contributed by atoms with Crippen molar-refractivity contribution in [2.24, 2.45) is 5.92 Å². The summed E-state index contributed by atoms with van der Waals surface area (Å²) in [6.07, 6.45) is 2.83. The largest absolute Gasteiger partial charge is 0.361 e. The minimum absolute atomic E-state index is 0.794. The summed E-state index contributed by atoms with van der Waals surface area (Å²) in [5.74, 6) is 1.84. The van der Waals surface area contributed by atoms with Gasteiger partial charge < -0.3 is 15.2 Å². The van der Waals surface area contributed by atoms with Gasteiger partial charge in [0.05, 0.1) is 5.69 Å². The molecule has 1 aromatic rings. The molecule has 1 aliphatic rings. The van der Waals surface area contributed by atoms with E-state index in [4.69, 9.17) is 4.52 Å². The predicted molar refractivity (Wildman–Crippen MR) is 58.5 cm³/mol. The minimum atomic E-state index is 0.794. The second-order valence-corrected chi connectivity index (χ2v) is 4.25. The topological polar surface area (TPSA) is 50.1 Å². The maximum Gasteiger partial charge on any atom is 0.133 e. The molecule has 1 fully saturated rings. The Morgan fingerprint density at radius 1 is 1.40 bits per heavy atom. The summed E-state index contributed by atoms with van der Waals surface area (Å²) in [6, 6.07) is 1.96. The van der Waals surface area contributed by atoms with Gasteiger partial charge in [0, 0.05) is 25.7 Å². The third-order valence-electron chi connectivity index (χ3n) is 2.59. The molecule has 0 spiro atoms. The van der Waals surface area contributed by atoms with Crippen molar-refractivity contribution in [3.63, 3.8) is 0 Å². The summed E-state index contributed by atoms with van der Waals surface area (Å²) in [6.45, 7) is 5.91. The molecule has 0 atom stereocenters. The van der Waals surface area contributed by atoms with E-state index in [0.29, 0.717) is 0 Å². The van der Waals surface area contributed by atoms with Crippen LogP contribution in [0.3, 0.4) is 0 Å². The van der Waals surface area contributed by atoms with E-state index in [2.05, 4.69) is 15.8 Å². The Balaban J connectivity index is 1.47. The lowest BCUT2D eigenvalue weighted by Gasteiger charge is -2.03. The second-order valence-electron chi connectivity index (χ2n) is 4.25. The van der Waals surface area contributed by atoms with E-state index in [9.17, 15) is 0 Å². The zero-order valence-corrected chi connectivity index (χ0v) is 9.25. The fourth-order valence-corrected chi connectivity index (χ4v) is 1.52. The quantitative estimate of drug-likeness (QED) is 0.660. The molecule has 0 saturated heterocycles. The molecule has 4 heteroatoms. The van der Waals surface area contributed by atoms with E-state index in [-0.39, 0.29) is 0 Å². The lowest BCUT2D eigenvalue weighted by atomic mass is 10.4. The van der Waals surface area contributed by atoms with Crippen molar-refractivity contribution in [3.8, 4) is 0 Å². The van der Waals surface area contributed by atoms with Gasteiger partial charge >= 0.3 is 0 Å². The van der Waals surface area contributed by atoms with E-state index in [1.165, 1.54) is 19.4 Å². The molecule has 0 aromatic carbocycles. The van der Waals surface area contributed by atoms with Crippen molar-refractivity contribution in [1.82, 2.24) is 15.8 Å².